The van der Waals surface area contributed by atoms with Crippen LogP contribution in [0, 0.1) is 0 Å². The summed E-state index contributed by atoms with van der Waals surface area (Å²) >= 11 is 12.0. The Balaban J connectivity index is 1.58. The normalized spacial score (nSPS) is 10.7. The lowest BCUT2D eigenvalue weighted by molar-refractivity contribution is 0.0696. The van der Waals surface area contributed by atoms with Crippen LogP contribution >= 0.6 is 23.2 Å². The minimum Gasteiger partial charge on any atom is -0.487 e. The largest absolute Gasteiger partial charge is 0.487 e. The molecule has 1 amide bonds. The number of benzene rings is 3. The minimum atomic E-state index is -0.998. The number of carboxylic acid groups (broad SMARTS) is 1. The van der Waals surface area contributed by atoms with Gasteiger partial charge in [0, 0.05) is 10.6 Å². The van der Waals surface area contributed by atoms with E-state index in [0.717, 1.165) is 0 Å². The van der Waals surface area contributed by atoms with Gasteiger partial charge in [-0.2, -0.15) is 5.10 Å². The molecule has 0 aliphatic carbocycles. The third-order valence-electron chi connectivity index (χ3n) is 4.01. The van der Waals surface area contributed by atoms with Gasteiger partial charge in [-0.15, -0.1) is 0 Å². The van der Waals surface area contributed by atoms with Gasteiger partial charge in [0.1, 0.15) is 12.4 Å². The monoisotopic (exact) mass is 442 g/mol. The minimum absolute atomic E-state index is 0.172. The van der Waals surface area contributed by atoms with Crippen molar-refractivity contribution in [3.63, 3.8) is 0 Å². The first-order valence-corrected chi connectivity index (χ1v) is 9.51. The predicted molar refractivity (Wildman–Crippen MR) is 116 cm³/mol. The van der Waals surface area contributed by atoms with E-state index in [2.05, 4.69) is 10.5 Å². The Hall–Kier alpha value is -3.35. The molecule has 0 unspecified atom stereocenters. The smallest absolute Gasteiger partial charge is 0.335 e. The average Bonchev–Trinajstić information content (AvgIpc) is 2.73. The first-order chi connectivity index (χ1) is 14.4. The fourth-order valence-electron chi connectivity index (χ4n) is 2.50. The number of amides is 1. The van der Waals surface area contributed by atoms with Crippen molar-refractivity contribution in [1.29, 1.82) is 0 Å². The first-order valence-electron chi connectivity index (χ1n) is 8.76. The summed E-state index contributed by atoms with van der Waals surface area (Å²) in [7, 11) is 0. The van der Waals surface area contributed by atoms with Crippen molar-refractivity contribution < 1.29 is 19.4 Å². The number of nitrogens with one attached hydrogen (secondary N) is 1. The topological polar surface area (TPSA) is 88.0 Å². The van der Waals surface area contributed by atoms with Crippen LogP contribution in [0.15, 0.2) is 71.8 Å². The second-order valence-electron chi connectivity index (χ2n) is 6.19. The Bertz CT molecular complexity index is 1100. The molecule has 0 aliphatic heterocycles. The molecular formula is C22H16Cl2N2O4. The second-order valence-corrected chi connectivity index (χ2v) is 7.03. The zero-order chi connectivity index (χ0) is 21.5. The van der Waals surface area contributed by atoms with E-state index >= 15 is 0 Å². The van der Waals surface area contributed by atoms with E-state index < -0.39 is 5.97 Å². The number of halogens is 2. The van der Waals surface area contributed by atoms with E-state index in [0.29, 0.717) is 32.5 Å². The third kappa shape index (κ3) is 5.83. The SMILES string of the molecule is O=C(O)c1cccc(COc2ccc(/C=N\NC(=O)c3ccc(Cl)cc3)cc2Cl)c1. The summed E-state index contributed by atoms with van der Waals surface area (Å²) in [6, 6.07) is 18.0. The second kappa shape index (κ2) is 9.91. The Morgan fingerprint density at radius 2 is 1.77 bits per heavy atom. The van der Waals surface area contributed by atoms with Crippen molar-refractivity contribution in [2.45, 2.75) is 6.61 Å². The van der Waals surface area contributed by atoms with Crippen molar-refractivity contribution in [2.75, 3.05) is 0 Å². The van der Waals surface area contributed by atoms with Crippen LogP contribution in [0.3, 0.4) is 0 Å². The van der Waals surface area contributed by atoms with E-state index in [9.17, 15) is 9.59 Å². The molecule has 0 aromatic heterocycles. The van der Waals surface area contributed by atoms with E-state index in [1.165, 1.54) is 12.3 Å². The molecule has 0 atom stereocenters. The van der Waals surface area contributed by atoms with Crippen LogP contribution in [-0.2, 0) is 6.61 Å². The van der Waals surface area contributed by atoms with Gasteiger partial charge in [0.05, 0.1) is 16.8 Å². The maximum absolute atomic E-state index is 12.0. The number of nitrogens with zero attached hydrogens (tertiary/aromatic N) is 1. The molecule has 0 saturated carbocycles. The maximum atomic E-state index is 12.0. The van der Waals surface area contributed by atoms with Crippen molar-refractivity contribution >= 4 is 41.3 Å². The third-order valence-corrected chi connectivity index (χ3v) is 4.56. The summed E-state index contributed by atoms with van der Waals surface area (Å²) in [6.45, 7) is 0.172. The summed E-state index contributed by atoms with van der Waals surface area (Å²) in [5.41, 5.74) is 4.43. The van der Waals surface area contributed by atoms with Gasteiger partial charge in [0.25, 0.3) is 5.91 Å². The first kappa shape index (κ1) is 21.4. The Morgan fingerprint density at radius 3 is 2.47 bits per heavy atom. The molecule has 0 radical (unpaired) electrons. The summed E-state index contributed by atoms with van der Waals surface area (Å²) in [5, 5.41) is 13.9. The lowest BCUT2D eigenvalue weighted by Crippen LogP contribution is -2.17. The molecule has 3 aromatic carbocycles. The molecule has 0 spiro atoms. The van der Waals surface area contributed by atoms with Crippen LogP contribution < -0.4 is 10.2 Å². The van der Waals surface area contributed by atoms with Gasteiger partial charge < -0.3 is 9.84 Å². The molecule has 6 nitrogen and oxygen atoms in total. The highest BCUT2D eigenvalue weighted by atomic mass is 35.5. The van der Waals surface area contributed by atoms with Gasteiger partial charge in [-0.05, 0) is 65.7 Å². The summed E-state index contributed by atoms with van der Waals surface area (Å²) in [5.74, 6) is -0.918. The summed E-state index contributed by atoms with van der Waals surface area (Å²) in [6.07, 6.45) is 1.46. The fraction of sp³-hybridized carbons (Fsp3) is 0.0455. The Morgan fingerprint density at radius 1 is 1.00 bits per heavy atom. The number of hydrogen-bond acceptors (Lipinski definition) is 4. The number of carbonyl (C=O) groups excluding carboxylic acids is 1. The van der Waals surface area contributed by atoms with Gasteiger partial charge in [-0.1, -0.05) is 35.3 Å². The van der Waals surface area contributed by atoms with Gasteiger partial charge >= 0.3 is 5.97 Å². The predicted octanol–water partition coefficient (Wildman–Crippen LogP) is 5.03. The lowest BCUT2D eigenvalue weighted by Gasteiger charge is -2.09. The van der Waals surface area contributed by atoms with E-state index in [1.54, 1.807) is 60.7 Å². The highest BCUT2D eigenvalue weighted by Crippen LogP contribution is 2.26. The van der Waals surface area contributed by atoms with Crippen LogP contribution in [0.4, 0.5) is 0 Å². The van der Waals surface area contributed by atoms with Crippen LogP contribution in [0.2, 0.25) is 10.0 Å². The number of ether oxygens (including phenoxy) is 1. The van der Waals surface area contributed by atoms with Crippen molar-refractivity contribution in [3.8, 4) is 5.75 Å². The molecule has 2 N–H and O–H groups in total. The van der Waals surface area contributed by atoms with Crippen LogP contribution in [0.25, 0.3) is 0 Å². The Kier molecular flexibility index (Phi) is 7.06. The fourth-order valence-corrected chi connectivity index (χ4v) is 2.87. The molecule has 30 heavy (non-hydrogen) atoms. The molecular weight excluding hydrogens is 427 g/mol. The summed E-state index contributed by atoms with van der Waals surface area (Å²) < 4.78 is 5.67. The quantitative estimate of drug-likeness (QED) is 0.396. The lowest BCUT2D eigenvalue weighted by atomic mass is 10.1. The van der Waals surface area contributed by atoms with Crippen LogP contribution in [0.5, 0.6) is 5.75 Å². The number of hydrazone groups is 1. The number of carbonyl (C=O) groups is 2. The molecule has 0 saturated heterocycles. The highest BCUT2D eigenvalue weighted by Gasteiger charge is 2.07. The molecule has 3 rings (SSSR count). The number of aromatic carboxylic acids is 1. The molecule has 8 heteroatoms. The van der Waals surface area contributed by atoms with E-state index in [1.807, 2.05) is 0 Å². The number of rotatable bonds is 7. The zero-order valence-corrected chi connectivity index (χ0v) is 17.0. The van der Waals surface area contributed by atoms with E-state index in [4.69, 9.17) is 33.0 Å². The highest BCUT2D eigenvalue weighted by molar-refractivity contribution is 6.32. The number of hydrogen-bond donors (Lipinski definition) is 2. The number of carboxylic acids is 1. The molecule has 0 bridgehead atoms. The molecule has 0 aliphatic rings. The zero-order valence-electron chi connectivity index (χ0n) is 15.5. The van der Waals surface area contributed by atoms with Crippen LogP contribution in [-0.4, -0.2) is 23.2 Å². The molecule has 152 valence electrons. The maximum Gasteiger partial charge on any atom is 0.335 e. The van der Waals surface area contributed by atoms with Crippen molar-refractivity contribution in [2.24, 2.45) is 5.10 Å². The molecule has 0 heterocycles. The van der Waals surface area contributed by atoms with Crippen molar-refractivity contribution in [3.05, 3.63) is 99.0 Å². The summed E-state index contributed by atoms with van der Waals surface area (Å²) in [4.78, 5) is 23.0. The van der Waals surface area contributed by atoms with Gasteiger partial charge in [-0.3, -0.25) is 4.79 Å². The Labute approximate surface area is 182 Å². The van der Waals surface area contributed by atoms with Gasteiger partial charge in [0.2, 0.25) is 0 Å². The molecule has 0 fully saturated rings. The average molecular weight is 443 g/mol. The van der Waals surface area contributed by atoms with Crippen molar-refractivity contribution in [1.82, 2.24) is 5.43 Å². The standard InChI is InChI=1S/C22H16Cl2N2O4/c23-18-7-5-16(6-8-18)21(27)26-25-12-14-4-9-20(19(24)11-14)30-13-15-2-1-3-17(10-15)22(28)29/h1-12H,13H2,(H,26,27)(H,28,29)/b25-12-. The van der Waals surface area contributed by atoms with E-state index in [-0.39, 0.29) is 18.1 Å². The van der Waals surface area contributed by atoms with Gasteiger partial charge in [-0.25, -0.2) is 10.2 Å². The van der Waals surface area contributed by atoms with Gasteiger partial charge in [0.15, 0.2) is 0 Å². The molecule has 3 aromatic rings. The van der Waals surface area contributed by atoms with Crippen LogP contribution in [0.1, 0.15) is 31.8 Å².